The van der Waals surface area contributed by atoms with Crippen LogP contribution in [0.4, 0.5) is 5.95 Å². The summed E-state index contributed by atoms with van der Waals surface area (Å²) in [7, 11) is 0. The molecule has 7 heteroatoms. The molecular formula is C13H22N6S. The van der Waals surface area contributed by atoms with Gasteiger partial charge in [-0.3, -0.25) is 4.99 Å². The summed E-state index contributed by atoms with van der Waals surface area (Å²) in [6, 6.07) is 1.83. The fourth-order valence-corrected chi connectivity index (χ4v) is 2.21. The summed E-state index contributed by atoms with van der Waals surface area (Å²) in [4.78, 5) is 17.3. The fourth-order valence-electron chi connectivity index (χ4n) is 1.99. The average Bonchev–Trinajstić information content (AvgIpc) is 2.53. The Morgan fingerprint density at radius 2 is 2.00 bits per heavy atom. The van der Waals surface area contributed by atoms with E-state index in [1.165, 1.54) is 0 Å². The van der Waals surface area contributed by atoms with Crippen LogP contribution in [-0.4, -0.2) is 65.1 Å². The second-order valence-electron chi connectivity index (χ2n) is 4.77. The summed E-state index contributed by atoms with van der Waals surface area (Å²) in [5.74, 6) is 1.44. The zero-order valence-electron chi connectivity index (χ0n) is 12.1. The Morgan fingerprint density at radius 1 is 1.35 bits per heavy atom. The summed E-state index contributed by atoms with van der Waals surface area (Å²) < 4.78 is 0. The standard InChI is InChI=1S/C13H22N6S/c1-11(20-2)10-17-12(14)18-6-8-19(9-7-18)13-15-4-3-5-16-13/h3-5,11H,6-10H2,1-2H3,(H2,14,17). The lowest BCUT2D eigenvalue weighted by molar-refractivity contribution is 0.378. The van der Waals surface area contributed by atoms with E-state index in [9.17, 15) is 0 Å². The van der Waals surface area contributed by atoms with Crippen LogP contribution in [0.5, 0.6) is 0 Å². The predicted octanol–water partition coefficient (Wildman–Crippen LogP) is 0.665. The lowest BCUT2D eigenvalue weighted by Crippen LogP contribution is -2.51. The number of aromatic nitrogens is 2. The van der Waals surface area contributed by atoms with Crippen molar-refractivity contribution >= 4 is 23.7 Å². The number of rotatable bonds is 4. The number of guanidine groups is 1. The molecule has 1 aromatic heterocycles. The van der Waals surface area contributed by atoms with Gasteiger partial charge in [-0.25, -0.2) is 9.97 Å². The van der Waals surface area contributed by atoms with Crippen molar-refractivity contribution in [3.05, 3.63) is 18.5 Å². The van der Waals surface area contributed by atoms with Crippen LogP contribution in [-0.2, 0) is 0 Å². The quantitative estimate of drug-likeness (QED) is 0.650. The van der Waals surface area contributed by atoms with Crippen molar-refractivity contribution in [2.75, 3.05) is 43.9 Å². The molecule has 2 N–H and O–H groups in total. The zero-order chi connectivity index (χ0) is 14.4. The van der Waals surface area contributed by atoms with E-state index in [1.54, 1.807) is 24.2 Å². The highest BCUT2D eigenvalue weighted by Gasteiger charge is 2.19. The van der Waals surface area contributed by atoms with Crippen molar-refractivity contribution in [2.24, 2.45) is 10.7 Å². The van der Waals surface area contributed by atoms with Crippen LogP contribution in [0.25, 0.3) is 0 Å². The third kappa shape index (κ3) is 4.00. The second kappa shape index (κ2) is 7.33. The maximum Gasteiger partial charge on any atom is 0.225 e. The van der Waals surface area contributed by atoms with Gasteiger partial charge in [0.2, 0.25) is 5.95 Å². The van der Waals surface area contributed by atoms with Gasteiger partial charge in [-0.1, -0.05) is 6.92 Å². The molecule has 2 heterocycles. The first kappa shape index (κ1) is 14.9. The van der Waals surface area contributed by atoms with E-state index in [4.69, 9.17) is 5.73 Å². The Hall–Kier alpha value is -1.50. The topological polar surface area (TPSA) is 70.6 Å². The SMILES string of the molecule is CSC(C)CN=C(N)N1CCN(c2ncccn2)CC1. The minimum atomic E-state index is 0.507. The van der Waals surface area contributed by atoms with Crippen LogP contribution >= 0.6 is 11.8 Å². The molecule has 0 bridgehead atoms. The van der Waals surface area contributed by atoms with Crippen molar-refractivity contribution in [3.8, 4) is 0 Å². The lowest BCUT2D eigenvalue weighted by atomic mass is 10.3. The smallest absolute Gasteiger partial charge is 0.225 e. The Balaban J connectivity index is 1.85. The molecule has 6 nitrogen and oxygen atoms in total. The minimum absolute atomic E-state index is 0.507. The van der Waals surface area contributed by atoms with E-state index in [-0.39, 0.29) is 0 Å². The largest absolute Gasteiger partial charge is 0.370 e. The number of hydrogen-bond donors (Lipinski definition) is 1. The normalized spacial score (nSPS) is 18.2. The van der Waals surface area contributed by atoms with E-state index >= 15 is 0 Å². The molecule has 1 aliphatic heterocycles. The number of nitrogens with two attached hydrogens (primary N) is 1. The minimum Gasteiger partial charge on any atom is -0.370 e. The van der Waals surface area contributed by atoms with Crippen molar-refractivity contribution in [1.29, 1.82) is 0 Å². The highest BCUT2D eigenvalue weighted by molar-refractivity contribution is 7.99. The van der Waals surface area contributed by atoms with E-state index in [0.29, 0.717) is 11.2 Å². The molecule has 1 fully saturated rings. The lowest BCUT2D eigenvalue weighted by Gasteiger charge is -2.35. The van der Waals surface area contributed by atoms with Crippen molar-refractivity contribution in [2.45, 2.75) is 12.2 Å². The van der Waals surface area contributed by atoms with Gasteiger partial charge in [0, 0.05) is 43.8 Å². The second-order valence-corrected chi connectivity index (χ2v) is 6.04. The third-order valence-corrected chi connectivity index (χ3v) is 4.31. The van der Waals surface area contributed by atoms with Crippen LogP contribution in [0, 0.1) is 0 Å². The van der Waals surface area contributed by atoms with Gasteiger partial charge < -0.3 is 15.5 Å². The molecule has 1 atom stereocenters. The molecule has 0 saturated carbocycles. The van der Waals surface area contributed by atoms with E-state index in [1.807, 2.05) is 6.07 Å². The Labute approximate surface area is 124 Å². The molecule has 1 saturated heterocycles. The third-order valence-electron chi connectivity index (χ3n) is 3.35. The van der Waals surface area contributed by atoms with Crippen LogP contribution in [0.2, 0.25) is 0 Å². The number of anilines is 1. The molecule has 110 valence electrons. The summed E-state index contributed by atoms with van der Waals surface area (Å²) in [6.07, 6.45) is 5.64. The Bertz CT molecular complexity index is 430. The van der Waals surface area contributed by atoms with Gasteiger partial charge in [0.05, 0.1) is 6.54 Å². The molecule has 0 amide bonds. The molecule has 20 heavy (non-hydrogen) atoms. The fraction of sp³-hybridized carbons (Fsp3) is 0.615. The molecule has 0 aromatic carbocycles. The molecule has 1 aromatic rings. The maximum atomic E-state index is 6.05. The number of aliphatic imine (C=N–C) groups is 1. The van der Waals surface area contributed by atoms with E-state index < -0.39 is 0 Å². The van der Waals surface area contributed by atoms with Crippen molar-refractivity contribution in [3.63, 3.8) is 0 Å². The van der Waals surface area contributed by atoms with Gasteiger partial charge >= 0.3 is 0 Å². The summed E-state index contributed by atoms with van der Waals surface area (Å²) in [5.41, 5.74) is 6.05. The van der Waals surface area contributed by atoms with Crippen LogP contribution < -0.4 is 10.6 Å². The Morgan fingerprint density at radius 3 is 2.60 bits per heavy atom. The molecular weight excluding hydrogens is 272 g/mol. The first-order valence-corrected chi connectivity index (χ1v) is 8.09. The molecule has 0 spiro atoms. The number of thioether (sulfide) groups is 1. The Kier molecular flexibility index (Phi) is 5.46. The average molecular weight is 294 g/mol. The van der Waals surface area contributed by atoms with Gasteiger partial charge in [-0.2, -0.15) is 11.8 Å². The number of hydrogen-bond acceptors (Lipinski definition) is 5. The van der Waals surface area contributed by atoms with E-state index in [0.717, 1.165) is 38.7 Å². The number of nitrogens with zero attached hydrogens (tertiary/aromatic N) is 5. The first-order valence-electron chi connectivity index (χ1n) is 6.80. The summed E-state index contributed by atoms with van der Waals surface area (Å²) in [6.45, 7) is 6.40. The first-order chi connectivity index (χ1) is 9.70. The van der Waals surface area contributed by atoms with Gasteiger partial charge in [0.1, 0.15) is 0 Å². The molecule has 1 unspecified atom stereocenters. The van der Waals surface area contributed by atoms with Crippen LogP contribution in [0.15, 0.2) is 23.5 Å². The van der Waals surface area contributed by atoms with Crippen LogP contribution in [0.3, 0.4) is 0 Å². The maximum absolute atomic E-state index is 6.05. The highest BCUT2D eigenvalue weighted by atomic mass is 32.2. The number of piperazine rings is 1. The predicted molar refractivity (Wildman–Crippen MR) is 85.3 cm³/mol. The molecule has 2 rings (SSSR count). The summed E-state index contributed by atoms with van der Waals surface area (Å²) >= 11 is 1.81. The van der Waals surface area contributed by atoms with Crippen LogP contribution in [0.1, 0.15) is 6.92 Å². The van der Waals surface area contributed by atoms with Gasteiger partial charge in [-0.15, -0.1) is 0 Å². The van der Waals surface area contributed by atoms with Gasteiger partial charge in [0.25, 0.3) is 0 Å². The monoisotopic (exact) mass is 294 g/mol. The summed E-state index contributed by atoms with van der Waals surface area (Å²) in [5, 5.41) is 0.507. The molecule has 1 aliphatic rings. The molecule has 0 radical (unpaired) electrons. The van der Waals surface area contributed by atoms with Gasteiger partial charge in [0.15, 0.2) is 5.96 Å². The van der Waals surface area contributed by atoms with E-state index in [2.05, 4.69) is 37.9 Å². The molecule has 0 aliphatic carbocycles. The highest BCUT2D eigenvalue weighted by Crippen LogP contribution is 2.10. The van der Waals surface area contributed by atoms with Crippen molar-refractivity contribution < 1.29 is 0 Å². The van der Waals surface area contributed by atoms with Gasteiger partial charge in [-0.05, 0) is 12.3 Å². The zero-order valence-corrected chi connectivity index (χ0v) is 12.9. The van der Waals surface area contributed by atoms with Crippen molar-refractivity contribution in [1.82, 2.24) is 14.9 Å².